The Morgan fingerprint density at radius 2 is 2.13 bits per heavy atom. The number of pyridine rings is 1. The molecule has 196 valence electrons. The number of aliphatic imine (C=N–C) groups is 1. The summed E-state index contributed by atoms with van der Waals surface area (Å²) < 4.78 is 45.8. The van der Waals surface area contributed by atoms with Crippen molar-refractivity contribution in [1.29, 1.82) is 0 Å². The Labute approximate surface area is 220 Å². The molecule has 4 aromatic rings. The predicted octanol–water partition coefficient (Wildman–Crippen LogP) is 4.30. The Bertz CT molecular complexity index is 1550. The van der Waals surface area contributed by atoms with Crippen LogP contribution in [0.15, 0.2) is 52.7 Å². The average Bonchev–Trinajstić information content (AvgIpc) is 3.36. The van der Waals surface area contributed by atoms with E-state index in [1.165, 1.54) is 36.8 Å². The summed E-state index contributed by atoms with van der Waals surface area (Å²) in [4.78, 5) is 21.8. The first-order valence-corrected chi connectivity index (χ1v) is 12.5. The van der Waals surface area contributed by atoms with Gasteiger partial charge < -0.3 is 24.9 Å². The summed E-state index contributed by atoms with van der Waals surface area (Å²) >= 11 is 1.43. The fourth-order valence-electron chi connectivity index (χ4n) is 5.04. The van der Waals surface area contributed by atoms with Gasteiger partial charge in [-0.2, -0.15) is 0 Å². The smallest absolute Gasteiger partial charge is 0.233 e. The number of amidine groups is 1. The molecule has 1 aliphatic carbocycles. The molecule has 0 saturated heterocycles. The number of nitrogens with zero attached hydrogens (tertiary/aromatic N) is 5. The van der Waals surface area contributed by atoms with Gasteiger partial charge in [0.05, 0.1) is 28.6 Å². The van der Waals surface area contributed by atoms with Crippen molar-refractivity contribution in [3.05, 3.63) is 66.1 Å². The van der Waals surface area contributed by atoms with Gasteiger partial charge in [-0.1, -0.05) is 11.8 Å². The van der Waals surface area contributed by atoms with E-state index in [0.717, 1.165) is 12.5 Å². The van der Waals surface area contributed by atoms with E-state index in [9.17, 15) is 4.39 Å². The van der Waals surface area contributed by atoms with E-state index in [1.54, 1.807) is 26.2 Å². The molecule has 1 aliphatic heterocycles. The van der Waals surface area contributed by atoms with Crippen LogP contribution in [0.2, 0.25) is 0 Å². The van der Waals surface area contributed by atoms with Gasteiger partial charge in [-0.05, 0) is 25.5 Å². The molecule has 4 heterocycles. The zero-order valence-corrected chi connectivity index (χ0v) is 21.3. The molecule has 3 aromatic heterocycles. The zero-order valence-electron chi connectivity index (χ0n) is 20.4. The Morgan fingerprint density at radius 1 is 1.26 bits per heavy atom. The van der Waals surface area contributed by atoms with Gasteiger partial charge in [-0.15, -0.1) is 0 Å². The summed E-state index contributed by atoms with van der Waals surface area (Å²) in [5.74, 6) is -1.42. The number of oxazole rings is 1. The third kappa shape index (κ3) is 4.21. The van der Waals surface area contributed by atoms with E-state index >= 15 is 4.39 Å². The van der Waals surface area contributed by atoms with Crippen LogP contribution in [0.25, 0.3) is 11.0 Å². The highest BCUT2D eigenvalue weighted by Crippen LogP contribution is 2.66. The van der Waals surface area contributed by atoms with Crippen molar-refractivity contribution in [3.63, 3.8) is 0 Å². The zero-order chi connectivity index (χ0) is 26.5. The molecule has 0 amide bonds. The number of anilines is 2. The molecule has 3 N–H and O–H groups in total. The number of methoxy groups -OCH3 is 1. The molecule has 0 spiro atoms. The Hall–Kier alpha value is -3.84. The lowest BCUT2D eigenvalue weighted by Crippen LogP contribution is -2.37. The number of fused-ring (bicyclic) bond motifs is 2. The maximum atomic E-state index is 15.2. The Kier molecular flexibility index (Phi) is 5.91. The number of aromatic nitrogens is 4. The molecular formula is C25H23F2N7O3S. The van der Waals surface area contributed by atoms with Gasteiger partial charge in [0.25, 0.3) is 0 Å². The standard InChI is InChI=1S/C25H23F2N7O3S/c1-24(18-7-25(18,11-35-2)38-23(28)34-24)15-5-13(6-16(26)20(15)27)32-22-21-17(3-4-29-22)33-19(8-30-21)37-10-14-9-36-12-31-14/h3-6,8-9,12,18H,7,10-11H2,1-2H3,(H2,28,34)(H,29,32)/t18-,24+,25+/m0/s1. The lowest BCUT2D eigenvalue weighted by molar-refractivity contribution is 0.184. The van der Waals surface area contributed by atoms with Crippen molar-refractivity contribution in [3.8, 4) is 5.88 Å². The van der Waals surface area contributed by atoms with Crippen molar-refractivity contribution in [1.82, 2.24) is 19.9 Å². The summed E-state index contributed by atoms with van der Waals surface area (Å²) in [6.45, 7) is 2.39. The van der Waals surface area contributed by atoms with Crippen LogP contribution in [0, 0.1) is 17.6 Å². The van der Waals surface area contributed by atoms with Crippen LogP contribution in [-0.2, 0) is 16.9 Å². The van der Waals surface area contributed by atoms with Gasteiger partial charge in [0.1, 0.15) is 24.1 Å². The molecule has 2 aliphatic rings. The largest absolute Gasteiger partial charge is 0.470 e. The number of thioether (sulfide) groups is 1. The topological polar surface area (TPSA) is 134 Å². The number of rotatable bonds is 8. The Balaban J connectivity index is 1.31. The molecule has 10 nitrogen and oxygen atoms in total. The molecule has 0 unspecified atom stereocenters. The molecule has 1 saturated carbocycles. The third-order valence-corrected chi connectivity index (χ3v) is 8.14. The number of nitrogens with one attached hydrogen (secondary N) is 1. The molecule has 13 heteroatoms. The highest BCUT2D eigenvalue weighted by molar-refractivity contribution is 8.15. The van der Waals surface area contributed by atoms with Crippen molar-refractivity contribution >= 4 is 39.5 Å². The number of nitrogens with two attached hydrogens (primary N) is 1. The minimum Gasteiger partial charge on any atom is -0.470 e. The quantitative estimate of drug-likeness (QED) is 0.334. The number of halogens is 2. The first-order chi connectivity index (χ1) is 18.3. The van der Waals surface area contributed by atoms with Gasteiger partial charge in [0, 0.05) is 36.5 Å². The predicted molar refractivity (Wildman–Crippen MR) is 137 cm³/mol. The van der Waals surface area contributed by atoms with Crippen molar-refractivity contribution in [2.75, 3.05) is 19.0 Å². The number of hydrogen-bond donors (Lipinski definition) is 2. The maximum absolute atomic E-state index is 15.2. The highest BCUT2D eigenvalue weighted by atomic mass is 32.2. The second kappa shape index (κ2) is 9.17. The van der Waals surface area contributed by atoms with E-state index in [4.69, 9.17) is 19.6 Å². The normalized spacial score (nSPS) is 24.1. The first kappa shape index (κ1) is 24.5. The average molecular weight is 540 g/mol. The van der Waals surface area contributed by atoms with Crippen LogP contribution >= 0.6 is 11.8 Å². The molecule has 6 rings (SSSR count). The van der Waals surface area contributed by atoms with Gasteiger partial charge in [-0.25, -0.2) is 28.7 Å². The van der Waals surface area contributed by atoms with E-state index < -0.39 is 17.2 Å². The molecule has 0 radical (unpaired) electrons. The summed E-state index contributed by atoms with van der Waals surface area (Å²) in [7, 11) is 1.61. The molecule has 1 aromatic carbocycles. The van der Waals surface area contributed by atoms with Crippen LogP contribution in [-0.4, -0.2) is 43.6 Å². The van der Waals surface area contributed by atoms with Crippen LogP contribution < -0.4 is 15.8 Å². The fraction of sp³-hybridized carbons (Fsp3) is 0.320. The highest BCUT2D eigenvalue weighted by Gasteiger charge is 2.66. The van der Waals surface area contributed by atoms with E-state index in [-0.39, 0.29) is 28.7 Å². The van der Waals surface area contributed by atoms with E-state index in [0.29, 0.717) is 40.0 Å². The van der Waals surface area contributed by atoms with Crippen molar-refractivity contribution < 1.29 is 22.7 Å². The van der Waals surface area contributed by atoms with Gasteiger partial charge in [0.2, 0.25) is 5.88 Å². The summed E-state index contributed by atoms with van der Waals surface area (Å²) in [5.41, 5.74) is 7.02. The van der Waals surface area contributed by atoms with Crippen LogP contribution in [0.4, 0.5) is 20.3 Å². The van der Waals surface area contributed by atoms with Crippen molar-refractivity contribution in [2.24, 2.45) is 16.6 Å². The number of hydrogen-bond acceptors (Lipinski definition) is 11. The summed E-state index contributed by atoms with van der Waals surface area (Å²) in [5, 5.41) is 3.39. The molecule has 3 atom stereocenters. The van der Waals surface area contributed by atoms with E-state index in [2.05, 4.69) is 30.2 Å². The van der Waals surface area contributed by atoms with Gasteiger partial charge in [-0.3, -0.25) is 4.99 Å². The minimum atomic E-state index is -1.06. The van der Waals surface area contributed by atoms with Crippen LogP contribution in [0.3, 0.4) is 0 Å². The van der Waals surface area contributed by atoms with Gasteiger partial charge >= 0.3 is 0 Å². The lowest BCUT2D eigenvalue weighted by Gasteiger charge is -2.34. The third-order valence-electron chi connectivity index (χ3n) is 6.87. The van der Waals surface area contributed by atoms with Gasteiger partial charge in [0.15, 0.2) is 29.0 Å². The SMILES string of the molecule is COC[C@]12C[C@H]1[C@@](C)(c1cc(Nc3nccc4nc(OCc5cocn5)cnc34)cc(F)c1F)N=C(N)S2. The monoisotopic (exact) mass is 539 g/mol. The molecular weight excluding hydrogens is 516 g/mol. The van der Waals surface area contributed by atoms with E-state index in [1.807, 2.05) is 0 Å². The summed E-state index contributed by atoms with van der Waals surface area (Å²) in [6, 6.07) is 4.30. The second-order valence-electron chi connectivity index (χ2n) is 9.40. The maximum Gasteiger partial charge on any atom is 0.233 e. The fourth-order valence-corrected chi connectivity index (χ4v) is 6.49. The van der Waals surface area contributed by atoms with Crippen LogP contribution in [0.5, 0.6) is 5.88 Å². The molecule has 0 bridgehead atoms. The minimum absolute atomic E-state index is 0.0615. The molecule has 38 heavy (non-hydrogen) atoms. The summed E-state index contributed by atoms with van der Waals surface area (Å²) in [6.07, 6.45) is 6.51. The number of benzene rings is 1. The van der Waals surface area contributed by atoms with Crippen LogP contribution in [0.1, 0.15) is 24.6 Å². The lowest BCUT2D eigenvalue weighted by atomic mass is 9.85. The Morgan fingerprint density at radius 3 is 2.92 bits per heavy atom. The molecule has 1 fully saturated rings. The van der Waals surface area contributed by atoms with Crippen molar-refractivity contribution in [2.45, 2.75) is 30.2 Å². The number of ether oxygens (including phenoxy) is 2. The second-order valence-corrected chi connectivity index (χ2v) is 10.8. The first-order valence-electron chi connectivity index (χ1n) is 11.7.